The summed E-state index contributed by atoms with van der Waals surface area (Å²) < 4.78 is 19.1. The third-order valence-electron chi connectivity index (χ3n) is 2.77. The lowest BCUT2D eigenvalue weighted by Gasteiger charge is -2.08. The van der Waals surface area contributed by atoms with Gasteiger partial charge in [-0.1, -0.05) is 0 Å². The summed E-state index contributed by atoms with van der Waals surface area (Å²) in [5.41, 5.74) is 0.234. The van der Waals surface area contributed by atoms with E-state index in [0.29, 0.717) is 0 Å². The van der Waals surface area contributed by atoms with Crippen LogP contribution in [0, 0.1) is 22.9 Å². The van der Waals surface area contributed by atoms with Crippen molar-refractivity contribution in [1.82, 2.24) is 4.98 Å². The number of rotatable bonds is 4. The van der Waals surface area contributed by atoms with E-state index in [1.54, 1.807) is 0 Å². The highest BCUT2D eigenvalue weighted by atomic mass is 19.1. The molecule has 0 N–H and O–H groups in total. The summed E-state index contributed by atoms with van der Waals surface area (Å²) in [6.45, 7) is 2.86. The topological polar surface area (TPSA) is 82.3 Å². The van der Waals surface area contributed by atoms with E-state index in [-0.39, 0.29) is 34.2 Å². The van der Waals surface area contributed by atoms with Gasteiger partial charge in [-0.2, -0.15) is 0 Å². The Morgan fingerprint density at radius 3 is 2.62 bits per heavy atom. The largest absolute Gasteiger partial charge is 0.453 e. The van der Waals surface area contributed by atoms with Gasteiger partial charge in [-0.3, -0.25) is 14.9 Å². The van der Waals surface area contributed by atoms with Crippen molar-refractivity contribution in [2.75, 3.05) is 0 Å². The fourth-order valence-corrected chi connectivity index (χ4v) is 1.70. The molecule has 6 nitrogen and oxygen atoms in total. The summed E-state index contributed by atoms with van der Waals surface area (Å²) in [4.78, 5) is 25.0. The Labute approximate surface area is 119 Å². The van der Waals surface area contributed by atoms with Gasteiger partial charge in [0.2, 0.25) is 0 Å². The lowest BCUT2D eigenvalue weighted by Crippen LogP contribution is -1.98. The number of nitro groups is 1. The highest BCUT2D eigenvalue weighted by Gasteiger charge is 2.17. The van der Waals surface area contributed by atoms with Gasteiger partial charge >= 0.3 is 0 Å². The first-order chi connectivity index (χ1) is 9.88. The van der Waals surface area contributed by atoms with Crippen LogP contribution in [0.4, 0.5) is 10.1 Å². The van der Waals surface area contributed by atoms with Crippen molar-refractivity contribution in [3.8, 4) is 11.5 Å². The molecular weight excluding hydrogens is 279 g/mol. The SMILES string of the molecule is CC(=O)c1ccc(Oc2cc(C)c([N+](=O)[O-])cc2F)cn1. The van der Waals surface area contributed by atoms with Gasteiger partial charge in [0.1, 0.15) is 11.4 Å². The maximum absolute atomic E-state index is 13.8. The molecule has 0 spiro atoms. The van der Waals surface area contributed by atoms with Crippen LogP contribution in [0.3, 0.4) is 0 Å². The third-order valence-corrected chi connectivity index (χ3v) is 2.77. The first-order valence-corrected chi connectivity index (χ1v) is 5.98. The minimum Gasteiger partial charge on any atom is -0.453 e. The quantitative estimate of drug-likeness (QED) is 0.489. The van der Waals surface area contributed by atoms with Crippen LogP contribution in [0.15, 0.2) is 30.5 Å². The van der Waals surface area contributed by atoms with Gasteiger partial charge in [-0.25, -0.2) is 9.37 Å². The Balaban J connectivity index is 2.29. The molecule has 0 radical (unpaired) electrons. The average molecular weight is 290 g/mol. The predicted molar refractivity (Wildman–Crippen MR) is 72.1 cm³/mol. The number of carbonyl (C=O) groups excluding carboxylic acids is 1. The predicted octanol–water partition coefficient (Wildman–Crippen LogP) is 3.43. The Morgan fingerprint density at radius 2 is 2.10 bits per heavy atom. The highest BCUT2D eigenvalue weighted by molar-refractivity contribution is 5.92. The zero-order valence-electron chi connectivity index (χ0n) is 11.3. The number of ketones is 1. The Hall–Kier alpha value is -2.83. The number of aryl methyl sites for hydroxylation is 1. The van der Waals surface area contributed by atoms with Crippen LogP contribution in [0.2, 0.25) is 0 Å². The van der Waals surface area contributed by atoms with Crippen molar-refractivity contribution >= 4 is 11.5 Å². The third kappa shape index (κ3) is 3.19. The van der Waals surface area contributed by atoms with E-state index >= 15 is 0 Å². The first kappa shape index (κ1) is 14.6. The summed E-state index contributed by atoms with van der Waals surface area (Å²) in [6, 6.07) is 4.97. The summed E-state index contributed by atoms with van der Waals surface area (Å²) >= 11 is 0. The minimum atomic E-state index is -0.844. The van der Waals surface area contributed by atoms with E-state index in [2.05, 4.69) is 4.98 Å². The number of nitro benzene ring substituents is 1. The number of hydrogen-bond donors (Lipinski definition) is 0. The Morgan fingerprint density at radius 1 is 1.38 bits per heavy atom. The molecule has 1 aromatic heterocycles. The standard InChI is InChI=1S/C14H11FN2O4/c1-8-5-14(11(15)6-13(8)17(19)20)21-10-3-4-12(9(2)18)16-7-10/h3-7H,1-2H3. The molecule has 1 heterocycles. The molecule has 21 heavy (non-hydrogen) atoms. The number of ether oxygens (including phenoxy) is 1. The second-order valence-corrected chi connectivity index (χ2v) is 4.36. The summed E-state index contributed by atoms with van der Waals surface area (Å²) in [5, 5.41) is 10.7. The van der Waals surface area contributed by atoms with E-state index in [0.717, 1.165) is 6.07 Å². The van der Waals surface area contributed by atoms with Crippen LogP contribution >= 0.6 is 0 Å². The molecule has 0 unspecified atom stereocenters. The highest BCUT2D eigenvalue weighted by Crippen LogP contribution is 2.30. The Kier molecular flexibility index (Phi) is 3.93. The lowest BCUT2D eigenvalue weighted by atomic mass is 10.2. The van der Waals surface area contributed by atoms with Gasteiger partial charge in [-0.05, 0) is 25.1 Å². The van der Waals surface area contributed by atoms with Gasteiger partial charge in [-0.15, -0.1) is 0 Å². The molecule has 0 amide bonds. The van der Waals surface area contributed by atoms with E-state index < -0.39 is 10.7 Å². The molecule has 2 aromatic rings. The van der Waals surface area contributed by atoms with Crippen molar-refractivity contribution in [3.05, 3.63) is 57.7 Å². The number of hydrogen-bond acceptors (Lipinski definition) is 5. The van der Waals surface area contributed by atoms with Crippen LogP contribution in [0.25, 0.3) is 0 Å². The van der Waals surface area contributed by atoms with E-state index in [9.17, 15) is 19.3 Å². The monoisotopic (exact) mass is 290 g/mol. The molecule has 0 saturated heterocycles. The molecule has 0 aliphatic carbocycles. The van der Waals surface area contributed by atoms with Gasteiger partial charge in [0.15, 0.2) is 17.3 Å². The van der Waals surface area contributed by atoms with Crippen LogP contribution < -0.4 is 4.74 Å². The van der Waals surface area contributed by atoms with Gasteiger partial charge in [0.05, 0.1) is 17.2 Å². The maximum Gasteiger partial charge on any atom is 0.275 e. The molecular formula is C14H11FN2O4. The van der Waals surface area contributed by atoms with Crippen molar-refractivity contribution in [2.24, 2.45) is 0 Å². The summed E-state index contributed by atoms with van der Waals surface area (Å²) in [5.74, 6) is -0.954. The minimum absolute atomic E-state index is 0.143. The van der Waals surface area contributed by atoms with Crippen LogP contribution in [0.1, 0.15) is 23.0 Å². The van der Waals surface area contributed by atoms with Crippen molar-refractivity contribution in [2.45, 2.75) is 13.8 Å². The second kappa shape index (κ2) is 5.66. The van der Waals surface area contributed by atoms with Gasteiger partial charge in [0, 0.05) is 12.5 Å². The lowest BCUT2D eigenvalue weighted by molar-refractivity contribution is -0.385. The number of nitrogens with zero attached hydrogens (tertiary/aromatic N) is 2. The molecule has 1 aromatic carbocycles. The fraction of sp³-hybridized carbons (Fsp3) is 0.143. The van der Waals surface area contributed by atoms with Crippen LogP contribution in [0.5, 0.6) is 11.5 Å². The number of aromatic nitrogens is 1. The van der Waals surface area contributed by atoms with Crippen molar-refractivity contribution < 1.29 is 18.8 Å². The molecule has 0 aliphatic heterocycles. The number of pyridine rings is 1. The summed E-state index contributed by atoms with van der Waals surface area (Å²) in [7, 11) is 0. The maximum atomic E-state index is 13.8. The fourth-order valence-electron chi connectivity index (χ4n) is 1.70. The number of Topliss-reactive ketones (excluding diaryl/α,β-unsaturated/α-hetero) is 1. The molecule has 108 valence electrons. The summed E-state index contributed by atoms with van der Waals surface area (Å²) in [6.07, 6.45) is 1.28. The molecule has 7 heteroatoms. The molecule has 0 saturated carbocycles. The molecule has 0 bridgehead atoms. The molecule has 2 rings (SSSR count). The average Bonchev–Trinajstić information content (AvgIpc) is 2.42. The number of benzene rings is 1. The smallest absolute Gasteiger partial charge is 0.275 e. The molecule has 0 atom stereocenters. The number of halogens is 1. The van der Waals surface area contributed by atoms with Crippen molar-refractivity contribution in [1.29, 1.82) is 0 Å². The normalized spacial score (nSPS) is 10.2. The first-order valence-electron chi connectivity index (χ1n) is 5.98. The molecule has 0 fully saturated rings. The van der Waals surface area contributed by atoms with E-state index in [1.165, 1.54) is 38.2 Å². The number of carbonyl (C=O) groups is 1. The second-order valence-electron chi connectivity index (χ2n) is 4.36. The van der Waals surface area contributed by atoms with Crippen LogP contribution in [-0.2, 0) is 0 Å². The zero-order chi connectivity index (χ0) is 15.6. The van der Waals surface area contributed by atoms with Gasteiger partial charge < -0.3 is 4.74 Å². The van der Waals surface area contributed by atoms with Crippen LogP contribution in [-0.4, -0.2) is 15.7 Å². The van der Waals surface area contributed by atoms with E-state index in [4.69, 9.17) is 4.74 Å². The Bertz CT molecular complexity index is 714. The zero-order valence-corrected chi connectivity index (χ0v) is 11.3. The van der Waals surface area contributed by atoms with Crippen molar-refractivity contribution in [3.63, 3.8) is 0 Å². The van der Waals surface area contributed by atoms with E-state index in [1.807, 2.05) is 0 Å². The van der Waals surface area contributed by atoms with Gasteiger partial charge in [0.25, 0.3) is 5.69 Å². The molecule has 0 aliphatic rings.